The summed E-state index contributed by atoms with van der Waals surface area (Å²) in [5.74, 6) is 0. The van der Waals surface area contributed by atoms with Gasteiger partial charge in [-0.05, 0) is 55.6 Å². The third kappa shape index (κ3) is 2.55. The number of hydroxylamine groups is 1. The highest BCUT2D eigenvalue weighted by Crippen LogP contribution is 2.45. The Bertz CT molecular complexity index is 444. The molecule has 0 radical (unpaired) electrons. The zero-order valence-electron chi connectivity index (χ0n) is 12.1. The van der Waals surface area contributed by atoms with Crippen LogP contribution in [0.2, 0.25) is 0 Å². The quantitative estimate of drug-likeness (QED) is 0.686. The van der Waals surface area contributed by atoms with E-state index in [9.17, 15) is 4.79 Å². The molecule has 1 unspecified atom stereocenters. The molecule has 0 aromatic rings. The SMILES string of the molecule is CC(C)(C)OC(=O)N1[C@@H]2CC[C@H]1CC1(C=C(Br)NO1)C2. The van der Waals surface area contributed by atoms with Gasteiger partial charge in [-0.1, -0.05) is 0 Å². The minimum atomic E-state index is -0.444. The second-order valence-corrected chi connectivity index (χ2v) is 7.80. The summed E-state index contributed by atoms with van der Waals surface area (Å²) in [6.45, 7) is 5.71. The number of piperidine rings is 1. The molecular weight excluding hydrogens is 324 g/mol. The van der Waals surface area contributed by atoms with Gasteiger partial charge in [0.1, 0.15) is 15.8 Å². The van der Waals surface area contributed by atoms with Crippen molar-refractivity contribution in [2.75, 3.05) is 0 Å². The van der Waals surface area contributed by atoms with Crippen LogP contribution in [0.25, 0.3) is 0 Å². The van der Waals surface area contributed by atoms with Crippen LogP contribution in [0.5, 0.6) is 0 Å². The topological polar surface area (TPSA) is 50.8 Å². The lowest BCUT2D eigenvalue weighted by atomic mass is 9.86. The Morgan fingerprint density at radius 2 is 2.05 bits per heavy atom. The maximum Gasteiger partial charge on any atom is 0.410 e. The van der Waals surface area contributed by atoms with Crippen LogP contribution < -0.4 is 5.48 Å². The molecule has 3 atom stereocenters. The lowest BCUT2D eigenvalue weighted by Gasteiger charge is -2.42. The first-order valence-electron chi connectivity index (χ1n) is 7.12. The molecule has 112 valence electrons. The average molecular weight is 345 g/mol. The van der Waals surface area contributed by atoms with Gasteiger partial charge in [0.05, 0.1) is 0 Å². The predicted octanol–water partition coefficient (Wildman–Crippen LogP) is 3.06. The molecule has 0 saturated carbocycles. The number of nitrogens with zero attached hydrogens (tertiary/aromatic N) is 1. The number of rotatable bonds is 0. The summed E-state index contributed by atoms with van der Waals surface area (Å²) in [6, 6.07) is 0.417. The Labute approximate surface area is 127 Å². The molecule has 3 aliphatic rings. The van der Waals surface area contributed by atoms with Crippen molar-refractivity contribution in [3.63, 3.8) is 0 Å². The van der Waals surface area contributed by atoms with Crippen LogP contribution in [0.1, 0.15) is 46.5 Å². The monoisotopic (exact) mass is 344 g/mol. The van der Waals surface area contributed by atoms with Crippen LogP contribution in [0, 0.1) is 0 Å². The van der Waals surface area contributed by atoms with Gasteiger partial charge >= 0.3 is 6.09 Å². The Hall–Kier alpha value is -0.750. The summed E-state index contributed by atoms with van der Waals surface area (Å²) < 4.78 is 6.41. The lowest BCUT2D eigenvalue weighted by molar-refractivity contribution is -0.0914. The van der Waals surface area contributed by atoms with E-state index in [0.29, 0.717) is 0 Å². The van der Waals surface area contributed by atoms with Crippen molar-refractivity contribution in [2.24, 2.45) is 0 Å². The number of hydrogen-bond acceptors (Lipinski definition) is 4. The van der Waals surface area contributed by atoms with E-state index in [1.807, 2.05) is 25.7 Å². The summed E-state index contributed by atoms with van der Waals surface area (Å²) in [4.78, 5) is 20.0. The van der Waals surface area contributed by atoms with Gasteiger partial charge < -0.3 is 9.64 Å². The highest BCUT2D eigenvalue weighted by molar-refractivity contribution is 9.11. The molecule has 2 bridgehead atoms. The van der Waals surface area contributed by atoms with Crippen LogP contribution in [0.3, 0.4) is 0 Å². The fourth-order valence-electron chi connectivity index (χ4n) is 3.50. The third-order valence-electron chi connectivity index (χ3n) is 4.13. The van der Waals surface area contributed by atoms with Crippen molar-refractivity contribution in [1.82, 2.24) is 10.4 Å². The molecule has 1 spiro atoms. The van der Waals surface area contributed by atoms with Gasteiger partial charge in [0, 0.05) is 24.9 Å². The number of carbonyl (C=O) groups excluding carboxylic acids is 1. The van der Waals surface area contributed by atoms with E-state index in [4.69, 9.17) is 9.57 Å². The fraction of sp³-hybridized carbons (Fsp3) is 0.786. The molecule has 1 N–H and O–H groups in total. The predicted molar refractivity (Wildman–Crippen MR) is 78.1 cm³/mol. The van der Waals surface area contributed by atoms with Crippen molar-refractivity contribution in [3.8, 4) is 0 Å². The zero-order chi connectivity index (χ0) is 14.5. The molecule has 20 heavy (non-hydrogen) atoms. The normalized spacial score (nSPS) is 36.0. The van der Waals surface area contributed by atoms with Gasteiger partial charge in [-0.15, -0.1) is 0 Å². The van der Waals surface area contributed by atoms with Gasteiger partial charge in [0.15, 0.2) is 0 Å². The van der Waals surface area contributed by atoms with Crippen LogP contribution in [0.4, 0.5) is 4.79 Å². The Morgan fingerprint density at radius 1 is 1.45 bits per heavy atom. The Morgan fingerprint density at radius 3 is 2.50 bits per heavy atom. The first-order valence-corrected chi connectivity index (χ1v) is 7.91. The Balaban J connectivity index is 1.74. The van der Waals surface area contributed by atoms with Crippen LogP contribution in [0.15, 0.2) is 10.7 Å². The summed E-state index contributed by atoms with van der Waals surface area (Å²) in [5, 5.41) is 0. The van der Waals surface area contributed by atoms with Gasteiger partial charge in [0.2, 0.25) is 0 Å². The first-order chi connectivity index (χ1) is 9.28. The fourth-order valence-corrected chi connectivity index (χ4v) is 4.00. The standard InChI is InChI=1S/C14H21BrN2O3/c1-13(2,3)19-12(18)17-9-4-5-10(17)7-14(6-9)8-11(15)16-20-14/h8-10,16H,4-7H2,1-3H3/t9-,10+,14?. The van der Waals surface area contributed by atoms with E-state index in [-0.39, 0.29) is 23.8 Å². The molecule has 0 aromatic heterocycles. The summed E-state index contributed by atoms with van der Waals surface area (Å²) >= 11 is 3.41. The molecule has 6 heteroatoms. The molecular formula is C14H21BrN2O3. The molecule has 0 aliphatic carbocycles. The summed E-state index contributed by atoms with van der Waals surface area (Å²) in [6.07, 6.45) is 5.61. The largest absolute Gasteiger partial charge is 0.444 e. The van der Waals surface area contributed by atoms with Crippen molar-refractivity contribution < 1.29 is 14.4 Å². The smallest absolute Gasteiger partial charge is 0.410 e. The number of amides is 1. The second-order valence-electron chi connectivity index (χ2n) is 6.94. The lowest BCUT2D eigenvalue weighted by Crippen LogP contribution is -2.54. The first kappa shape index (κ1) is 14.2. The molecule has 3 rings (SSSR count). The average Bonchev–Trinajstić information content (AvgIpc) is 2.77. The highest BCUT2D eigenvalue weighted by atomic mass is 79.9. The molecule has 2 fully saturated rings. The van der Waals surface area contributed by atoms with Gasteiger partial charge in [-0.25, -0.2) is 4.79 Å². The van der Waals surface area contributed by atoms with Gasteiger partial charge in [-0.3, -0.25) is 10.3 Å². The number of carbonyl (C=O) groups is 1. The number of nitrogens with one attached hydrogen (secondary N) is 1. The van der Waals surface area contributed by atoms with Crippen molar-refractivity contribution in [3.05, 3.63) is 10.7 Å². The zero-order valence-corrected chi connectivity index (χ0v) is 13.7. The molecule has 0 aromatic carbocycles. The second kappa shape index (κ2) is 4.63. The van der Waals surface area contributed by atoms with Crippen LogP contribution >= 0.6 is 15.9 Å². The van der Waals surface area contributed by atoms with E-state index < -0.39 is 5.60 Å². The number of ether oxygens (including phenoxy) is 1. The van der Waals surface area contributed by atoms with E-state index in [2.05, 4.69) is 27.5 Å². The maximum atomic E-state index is 12.4. The molecule has 1 amide bonds. The van der Waals surface area contributed by atoms with Gasteiger partial charge in [0.25, 0.3) is 0 Å². The van der Waals surface area contributed by atoms with Crippen molar-refractivity contribution >= 4 is 22.0 Å². The minimum Gasteiger partial charge on any atom is -0.444 e. The van der Waals surface area contributed by atoms with Gasteiger partial charge in [-0.2, -0.15) is 0 Å². The van der Waals surface area contributed by atoms with Crippen LogP contribution in [-0.4, -0.2) is 34.3 Å². The van der Waals surface area contributed by atoms with E-state index in [0.717, 1.165) is 30.3 Å². The van der Waals surface area contributed by atoms with E-state index >= 15 is 0 Å². The summed E-state index contributed by atoms with van der Waals surface area (Å²) in [7, 11) is 0. The maximum absolute atomic E-state index is 12.4. The van der Waals surface area contributed by atoms with Crippen LogP contribution in [-0.2, 0) is 9.57 Å². The minimum absolute atomic E-state index is 0.186. The molecule has 3 aliphatic heterocycles. The van der Waals surface area contributed by atoms with Crippen molar-refractivity contribution in [2.45, 2.75) is 69.7 Å². The highest BCUT2D eigenvalue weighted by Gasteiger charge is 2.52. The Kier molecular flexibility index (Phi) is 3.29. The third-order valence-corrected chi connectivity index (χ3v) is 4.52. The number of halogens is 1. The number of fused-ring (bicyclic) bond motifs is 2. The molecule has 5 nitrogen and oxygen atoms in total. The molecule has 2 saturated heterocycles. The molecule has 3 heterocycles. The number of hydrogen-bond donors (Lipinski definition) is 1. The van der Waals surface area contributed by atoms with Crippen molar-refractivity contribution in [1.29, 1.82) is 0 Å². The summed E-state index contributed by atoms with van der Waals surface area (Å²) in [5.41, 5.74) is 2.16. The van der Waals surface area contributed by atoms with E-state index in [1.165, 1.54) is 0 Å². The van der Waals surface area contributed by atoms with E-state index in [1.54, 1.807) is 0 Å².